The van der Waals surface area contributed by atoms with Gasteiger partial charge in [0.15, 0.2) is 5.82 Å². The lowest BCUT2D eigenvalue weighted by atomic mass is 10.1. The third kappa shape index (κ3) is 3.33. The van der Waals surface area contributed by atoms with Crippen molar-refractivity contribution in [3.05, 3.63) is 59.9 Å². The van der Waals surface area contributed by atoms with E-state index in [2.05, 4.69) is 34.7 Å². The number of imidazole rings is 1. The van der Waals surface area contributed by atoms with E-state index in [1.165, 1.54) is 5.56 Å². The second-order valence-corrected chi connectivity index (χ2v) is 6.99. The molecule has 4 N–H and O–H groups in total. The molecule has 0 fully saturated rings. The number of benzene rings is 2. The number of anilines is 2. The first kappa shape index (κ1) is 17.3. The first-order valence-electron chi connectivity index (χ1n) is 9.55. The van der Waals surface area contributed by atoms with Crippen molar-refractivity contribution < 1.29 is 0 Å². The fourth-order valence-electron chi connectivity index (χ4n) is 3.60. The van der Waals surface area contributed by atoms with E-state index in [0.29, 0.717) is 5.82 Å². The van der Waals surface area contributed by atoms with Crippen molar-refractivity contribution in [1.29, 1.82) is 0 Å². The van der Waals surface area contributed by atoms with E-state index in [1.807, 2.05) is 30.3 Å². The molecular weight excluding hydrogens is 334 g/mol. The van der Waals surface area contributed by atoms with Crippen LogP contribution in [0.25, 0.3) is 21.9 Å². The van der Waals surface area contributed by atoms with Gasteiger partial charge in [-0.15, -0.1) is 0 Å². The third-order valence-corrected chi connectivity index (χ3v) is 5.05. The van der Waals surface area contributed by atoms with Gasteiger partial charge >= 0.3 is 0 Å². The van der Waals surface area contributed by atoms with Gasteiger partial charge in [0.2, 0.25) is 0 Å². The number of pyridine rings is 1. The third-order valence-electron chi connectivity index (χ3n) is 5.05. The summed E-state index contributed by atoms with van der Waals surface area (Å²) >= 11 is 0. The lowest BCUT2D eigenvalue weighted by Gasteiger charge is -2.11. The van der Waals surface area contributed by atoms with E-state index in [9.17, 15) is 0 Å². The zero-order valence-corrected chi connectivity index (χ0v) is 15.7. The number of nitrogens with two attached hydrogens (primary N) is 2. The Bertz CT molecular complexity index is 1080. The number of hydrogen-bond acceptors (Lipinski definition) is 4. The lowest BCUT2D eigenvalue weighted by Crippen LogP contribution is -2.07. The highest BCUT2D eigenvalue weighted by Gasteiger charge is 2.16. The van der Waals surface area contributed by atoms with Crippen molar-refractivity contribution in [1.82, 2.24) is 14.5 Å². The van der Waals surface area contributed by atoms with Gasteiger partial charge in [0.05, 0.1) is 11.0 Å². The van der Waals surface area contributed by atoms with E-state index >= 15 is 0 Å². The van der Waals surface area contributed by atoms with Crippen LogP contribution in [0.5, 0.6) is 0 Å². The molecule has 0 spiro atoms. The summed E-state index contributed by atoms with van der Waals surface area (Å²) in [6.45, 7) is 3.06. The molecule has 138 valence electrons. The van der Waals surface area contributed by atoms with Crippen LogP contribution in [0.15, 0.2) is 48.5 Å². The van der Waals surface area contributed by atoms with Gasteiger partial charge in [0.1, 0.15) is 11.3 Å². The van der Waals surface area contributed by atoms with E-state index in [0.717, 1.165) is 65.7 Å². The fraction of sp³-hybridized carbons (Fsp3) is 0.273. The minimum atomic E-state index is 0.507. The van der Waals surface area contributed by atoms with Gasteiger partial charge in [-0.1, -0.05) is 43.7 Å². The van der Waals surface area contributed by atoms with Gasteiger partial charge in [-0.25, -0.2) is 9.97 Å². The molecule has 2 aromatic heterocycles. The van der Waals surface area contributed by atoms with E-state index in [1.54, 1.807) is 0 Å². The lowest BCUT2D eigenvalue weighted by molar-refractivity contribution is 0.645. The Labute approximate surface area is 159 Å². The molecule has 5 nitrogen and oxygen atoms in total. The molecule has 0 unspecified atom stereocenters. The fourth-order valence-corrected chi connectivity index (χ4v) is 3.60. The maximum atomic E-state index is 6.26. The minimum Gasteiger partial charge on any atom is -0.399 e. The van der Waals surface area contributed by atoms with E-state index in [-0.39, 0.29) is 0 Å². The quantitative estimate of drug-likeness (QED) is 0.502. The highest BCUT2D eigenvalue weighted by molar-refractivity contribution is 6.06. The Morgan fingerprint density at radius 2 is 1.70 bits per heavy atom. The predicted molar refractivity (Wildman–Crippen MR) is 113 cm³/mol. The van der Waals surface area contributed by atoms with E-state index < -0.39 is 0 Å². The Balaban J connectivity index is 1.83. The molecule has 5 heteroatoms. The molecule has 0 amide bonds. The van der Waals surface area contributed by atoms with Crippen molar-refractivity contribution >= 4 is 33.4 Å². The molecular formula is C22H25N5. The first-order valence-corrected chi connectivity index (χ1v) is 9.55. The van der Waals surface area contributed by atoms with Gasteiger partial charge in [-0.3, -0.25) is 0 Å². The van der Waals surface area contributed by atoms with Gasteiger partial charge in [0, 0.05) is 24.0 Å². The Morgan fingerprint density at radius 3 is 2.48 bits per heavy atom. The molecule has 4 rings (SSSR count). The number of fused-ring (bicyclic) bond motifs is 3. The van der Waals surface area contributed by atoms with Crippen LogP contribution >= 0.6 is 0 Å². The number of nitrogen functional groups attached to an aromatic ring is 2. The molecule has 2 heterocycles. The van der Waals surface area contributed by atoms with Gasteiger partial charge in [0.25, 0.3) is 0 Å². The van der Waals surface area contributed by atoms with Crippen LogP contribution in [-0.4, -0.2) is 14.5 Å². The van der Waals surface area contributed by atoms with E-state index in [4.69, 9.17) is 16.5 Å². The van der Waals surface area contributed by atoms with Gasteiger partial charge in [-0.2, -0.15) is 0 Å². The number of para-hydroxylation sites is 1. The van der Waals surface area contributed by atoms with Crippen LogP contribution in [0, 0.1) is 0 Å². The standard InChI is InChI=1S/C22H25N5/c1-2-3-8-19-26-20-21(17-6-4-5-7-18(17)25-22(20)24)27(19)14-13-15-9-11-16(23)12-10-15/h4-7,9-12H,2-3,8,13-14,23H2,1H3,(H2,24,25). The Kier molecular flexibility index (Phi) is 4.67. The molecule has 2 aromatic carbocycles. The SMILES string of the molecule is CCCCc1nc2c(N)nc3ccccc3c2n1CCc1ccc(N)cc1. The number of nitrogens with zero attached hydrogens (tertiary/aromatic N) is 3. The summed E-state index contributed by atoms with van der Waals surface area (Å²) in [6.07, 6.45) is 4.11. The van der Waals surface area contributed by atoms with Crippen LogP contribution in [0.1, 0.15) is 31.2 Å². The number of rotatable bonds is 6. The molecule has 4 aromatic rings. The highest BCUT2D eigenvalue weighted by atomic mass is 15.1. The maximum Gasteiger partial charge on any atom is 0.152 e. The zero-order chi connectivity index (χ0) is 18.8. The van der Waals surface area contributed by atoms with Crippen molar-refractivity contribution in [2.24, 2.45) is 0 Å². The monoisotopic (exact) mass is 359 g/mol. The van der Waals surface area contributed by atoms with Crippen molar-refractivity contribution in [2.75, 3.05) is 11.5 Å². The summed E-state index contributed by atoms with van der Waals surface area (Å²) < 4.78 is 2.34. The van der Waals surface area contributed by atoms with Crippen molar-refractivity contribution in [2.45, 2.75) is 39.2 Å². The van der Waals surface area contributed by atoms with Gasteiger partial charge in [-0.05, 0) is 36.6 Å². The average Bonchev–Trinajstić information content (AvgIpc) is 3.05. The first-order chi connectivity index (χ1) is 13.2. The van der Waals surface area contributed by atoms with Crippen LogP contribution in [0.2, 0.25) is 0 Å². The number of unbranched alkanes of at least 4 members (excludes halogenated alkanes) is 1. The number of hydrogen-bond donors (Lipinski definition) is 2. The largest absolute Gasteiger partial charge is 0.399 e. The molecule has 0 aliphatic carbocycles. The molecule has 0 atom stereocenters. The topological polar surface area (TPSA) is 82.8 Å². The summed E-state index contributed by atoms with van der Waals surface area (Å²) in [6, 6.07) is 16.2. The second-order valence-electron chi connectivity index (χ2n) is 6.99. The summed E-state index contributed by atoms with van der Waals surface area (Å²) in [4.78, 5) is 9.44. The average molecular weight is 359 g/mol. The smallest absolute Gasteiger partial charge is 0.152 e. The minimum absolute atomic E-state index is 0.507. The number of aromatic nitrogens is 3. The van der Waals surface area contributed by atoms with Crippen LogP contribution < -0.4 is 11.5 Å². The molecule has 0 saturated heterocycles. The normalized spacial score (nSPS) is 11.4. The zero-order valence-electron chi connectivity index (χ0n) is 15.7. The molecule has 0 saturated carbocycles. The summed E-state index contributed by atoms with van der Waals surface area (Å²) in [5, 5.41) is 1.11. The molecule has 0 radical (unpaired) electrons. The maximum absolute atomic E-state index is 6.26. The molecule has 0 bridgehead atoms. The van der Waals surface area contributed by atoms with Crippen molar-refractivity contribution in [3.63, 3.8) is 0 Å². The van der Waals surface area contributed by atoms with Gasteiger partial charge < -0.3 is 16.0 Å². The van der Waals surface area contributed by atoms with Crippen LogP contribution in [-0.2, 0) is 19.4 Å². The summed E-state index contributed by atoms with van der Waals surface area (Å²) in [5.74, 6) is 1.60. The summed E-state index contributed by atoms with van der Waals surface area (Å²) in [7, 11) is 0. The number of aryl methyl sites for hydroxylation is 3. The Morgan fingerprint density at radius 1 is 0.926 bits per heavy atom. The molecule has 0 aliphatic heterocycles. The molecule has 0 aliphatic rings. The Hall–Kier alpha value is -3.08. The van der Waals surface area contributed by atoms with Crippen LogP contribution in [0.3, 0.4) is 0 Å². The second kappa shape index (κ2) is 7.27. The highest BCUT2D eigenvalue weighted by Crippen LogP contribution is 2.29. The predicted octanol–water partition coefficient (Wildman–Crippen LogP) is 4.33. The summed E-state index contributed by atoms with van der Waals surface area (Å²) in [5.41, 5.74) is 17.0. The van der Waals surface area contributed by atoms with Crippen LogP contribution in [0.4, 0.5) is 11.5 Å². The molecule has 27 heavy (non-hydrogen) atoms. The van der Waals surface area contributed by atoms with Crippen molar-refractivity contribution in [3.8, 4) is 0 Å².